The molecule has 3 amide bonds. The van der Waals surface area contributed by atoms with E-state index in [9.17, 15) is 19.5 Å². The molecule has 0 radical (unpaired) electrons. The maximum absolute atomic E-state index is 13.9. The number of piperazine rings is 1. The summed E-state index contributed by atoms with van der Waals surface area (Å²) < 4.78 is 12.5. The third kappa shape index (κ3) is 9.35. The number of carbonyl (C=O) groups is 3. The molecule has 1 saturated heterocycles. The molecule has 1 aliphatic heterocycles. The summed E-state index contributed by atoms with van der Waals surface area (Å²) in [6.45, 7) is 16.3. The summed E-state index contributed by atoms with van der Waals surface area (Å²) in [5.41, 5.74) is 0.0983. The molecule has 0 bridgehead atoms. The first-order chi connectivity index (χ1) is 19.6. The lowest BCUT2D eigenvalue weighted by Gasteiger charge is -2.37. The van der Waals surface area contributed by atoms with Gasteiger partial charge in [-0.3, -0.25) is 4.79 Å². The Morgan fingerprint density at radius 3 is 2.07 bits per heavy atom. The molecule has 232 valence electrons. The number of alkyl carbamates (subject to hydrolysis) is 1. The zero-order chi connectivity index (χ0) is 31.2. The standard InChI is InChI=1S/C30H46N6O6/c1-9-20(2)25(31-27(39)41-29(3,4)5)23-19-36(33-32-23)24(18-21-10-12-22(37)13-11-21)26(38)34-14-16-35(17-15-34)28(40)42-30(6,7)8/h10-13,19-20,24-25,37H,9,14-18H2,1-8H3,(H,31,39)/t20-,24+,25?/m1/s1. The summed E-state index contributed by atoms with van der Waals surface area (Å²) in [5, 5.41) is 21.4. The molecular weight excluding hydrogens is 540 g/mol. The monoisotopic (exact) mass is 586 g/mol. The second-order valence-electron chi connectivity index (χ2n) is 12.8. The Morgan fingerprint density at radius 2 is 1.52 bits per heavy atom. The van der Waals surface area contributed by atoms with Gasteiger partial charge in [-0.25, -0.2) is 14.3 Å². The van der Waals surface area contributed by atoms with E-state index in [2.05, 4.69) is 15.6 Å². The summed E-state index contributed by atoms with van der Waals surface area (Å²) in [6.07, 6.45) is 1.83. The molecule has 1 unspecified atom stereocenters. The third-order valence-electron chi connectivity index (χ3n) is 6.94. The van der Waals surface area contributed by atoms with Crippen LogP contribution in [-0.2, 0) is 20.7 Å². The van der Waals surface area contributed by atoms with Crippen LogP contribution in [0.15, 0.2) is 30.5 Å². The Labute approximate surface area is 248 Å². The zero-order valence-electron chi connectivity index (χ0n) is 26.1. The fourth-order valence-corrected chi connectivity index (χ4v) is 4.56. The molecule has 1 fully saturated rings. The first-order valence-electron chi connectivity index (χ1n) is 14.5. The molecule has 1 aliphatic rings. The molecule has 1 aromatic carbocycles. The Balaban J connectivity index is 1.83. The van der Waals surface area contributed by atoms with E-state index in [1.165, 1.54) is 4.68 Å². The number of aromatic hydroxyl groups is 1. The van der Waals surface area contributed by atoms with Crippen LogP contribution < -0.4 is 5.32 Å². The molecule has 0 saturated carbocycles. The van der Waals surface area contributed by atoms with Gasteiger partial charge in [-0.15, -0.1) is 5.10 Å². The number of hydrogen-bond acceptors (Lipinski definition) is 8. The van der Waals surface area contributed by atoms with E-state index in [1.54, 1.807) is 61.0 Å². The van der Waals surface area contributed by atoms with Crippen LogP contribution in [0.3, 0.4) is 0 Å². The van der Waals surface area contributed by atoms with Crippen molar-refractivity contribution in [3.63, 3.8) is 0 Å². The van der Waals surface area contributed by atoms with Gasteiger partial charge in [-0.2, -0.15) is 0 Å². The average molecular weight is 587 g/mol. The Hall–Kier alpha value is -3.83. The lowest BCUT2D eigenvalue weighted by Crippen LogP contribution is -2.53. The van der Waals surface area contributed by atoms with Crippen molar-refractivity contribution in [3.05, 3.63) is 41.7 Å². The Morgan fingerprint density at radius 1 is 0.952 bits per heavy atom. The summed E-state index contributed by atoms with van der Waals surface area (Å²) in [6, 6.07) is 5.48. The normalized spacial score (nSPS) is 16.4. The predicted octanol–water partition coefficient (Wildman–Crippen LogP) is 4.46. The number of ether oxygens (including phenoxy) is 2. The van der Waals surface area contributed by atoms with Gasteiger partial charge in [0.1, 0.15) is 28.7 Å². The van der Waals surface area contributed by atoms with Gasteiger partial charge >= 0.3 is 12.2 Å². The van der Waals surface area contributed by atoms with Crippen molar-refractivity contribution < 1.29 is 29.0 Å². The van der Waals surface area contributed by atoms with Crippen molar-refractivity contribution in [1.82, 2.24) is 30.1 Å². The van der Waals surface area contributed by atoms with Gasteiger partial charge in [0.15, 0.2) is 0 Å². The Kier molecular flexibility index (Phi) is 10.5. The van der Waals surface area contributed by atoms with Gasteiger partial charge in [0.25, 0.3) is 0 Å². The number of rotatable bonds is 8. The van der Waals surface area contributed by atoms with E-state index in [0.717, 1.165) is 12.0 Å². The SMILES string of the molecule is CC[C@@H](C)C(NC(=O)OC(C)(C)C)c1cn([C@@H](Cc2ccc(O)cc2)C(=O)N2CCN(C(=O)OC(C)(C)C)CC2)nn1. The summed E-state index contributed by atoms with van der Waals surface area (Å²) >= 11 is 0. The molecule has 12 heteroatoms. The summed E-state index contributed by atoms with van der Waals surface area (Å²) in [4.78, 5) is 42.4. The Bertz CT molecular complexity index is 1210. The highest BCUT2D eigenvalue weighted by atomic mass is 16.6. The van der Waals surface area contributed by atoms with Crippen molar-refractivity contribution in [2.24, 2.45) is 5.92 Å². The minimum absolute atomic E-state index is 0.0230. The second-order valence-corrected chi connectivity index (χ2v) is 12.8. The van der Waals surface area contributed by atoms with Crippen LogP contribution in [-0.4, -0.2) is 85.4 Å². The molecule has 12 nitrogen and oxygen atoms in total. The van der Waals surface area contributed by atoms with Crippen molar-refractivity contribution in [1.29, 1.82) is 0 Å². The maximum Gasteiger partial charge on any atom is 0.410 e. The lowest BCUT2D eigenvalue weighted by molar-refractivity contribution is -0.136. The highest BCUT2D eigenvalue weighted by Crippen LogP contribution is 2.26. The number of benzene rings is 1. The lowest BCUT2D eigenvalue weighted by atomic mass is 9.97. The number of phenolic OH excluding ortho intramolecular Hbond substituents is 1. The van der Waals surface area contributed by atoms with Crippen LogP contribution in [0.4, 0.5) is 9.59 Å². The topological polar surface area (TPSA) is 139 Å². The predicted molar refractivity (Wildman–Crippen MR) is 157 cm³/mol. The van der Waals surface area contributed by atoms with Crippen molar-refractivity contribution in [2.45, 2.75) is 91.5 Å². The molecular formula is C30H46N6O6. The molecule has 2 aromatic rings. The van der Waals surface area contributed by atoms with Crippen molar-refractivity contribution >= 4 is 18.1 Å². The highest BCUT2D eigenvalue weighted by molar-refractivity contribution is 5.81. The van der Waals surface area contributed by atoms with Crippen molar-refractivity contribution in [2.75, 3.05) is 26.2 Å². The molecule has 0 aliphatic carbocycles. The van der Waals surface area contributed by atoms with E-state index in [4.69, 9.17) is 9.47 Å². The number of amides is 3. The van der Waals surface area contributed by atoms with Crippen LogP contribution in [0.25, 0.3) is 0 Å². The van der Waals surface area contributed by atoms with Crippen LogP contribution in [0.1, 0.15) is 85.2 Å². The third-order valence-corrected chi connectivity index (χ3v) is 6.94. The van der Waals surface area contributed by atoms with Gasteiger partial charge in [0, 0.05) is 32.6 Å². The van der Waals surface area contributed by atoms with Crippen LogP contribution >= 0.6 is 0 Å². The average Bonchev–Trinajstić information content (AvgIpc) is 3.38. The fourth-order valence-electron chi connectivity index (χ4n) is 4.56. The first kappa shape index (κ1) is 32.7. The van der Waals surface area contributed by atoms with E-state index in [0.29, 0.717) is 38.3 Å². The number of carbonyl (C=O) groups excluding carboxylic acids is 3. The largest absolute Gasteiger partial charge is 0.508 e. The smallest absolute Gasteiger partial charge is 0.410 e. The maximum atomic E-state index is 13.9. The van der Waals surface area contributed by atoms with E-state index in [1.807, 2.05) is 34.6 Å². The quantitative estimate of drug-likeness (QED) is 0.462. The van der Waals surface area contributed by atoms with Crippen LogP contribution in [0.2, 0.25) is 0 Å². The number of phenols is 1. The van der Waals surface area contributed by atoms with E-state index >= 15 is 0 Å². The molecule has 3 atom stereocenters. The molecule has 2 heterocycles. The van der Waals surface area contributed by atoms with Crippen LogP contribution in [0.5, 0.6) is 5.75 Å². The van der Waals surface area contributed by atoms with E-state index in [-0.39, 0.29) is 17.6 Å². The highest BCUT2D eigenvalue weighted by Gasteiger charge is 2.34. The zero-order valence-corrected chi connectivity index (χ0v) is 26.1. The van der Waals surface area contributed by atoms with E-state index < -0.39 is 35.5 Å². The van der Waals surface area contributed by atoms with Gasteiger partial charge < -0.3 is 29.7 Å². The second kappa shape index (κ2) is 13.4. The van der Waals surface area contributed by atoms with Gasteiger partial charge in [0.2, 0.25) is 5.91 Å². The molecule has 0 spiro atoms. The summed E-state index contributed by atoms with van der Waals surface area (Å²) in [5.74, 6) is -0.00838. The van der Waals surface area contributed by atoms with Gasteiger partial charge in [-0.1, -0.05) is 37.6 Å². The first-order valence-corrected chi connectivity index (χ1v) is 14.5. The molecule has 2 N–H and O–H groups in total. The van der Waals surface area contributed by atoms with Gasteiger partial charge in [-0.05, 0) is 65.2 Å². The number of nitrogens with one attached hydrogen (secondary N) is 1. The molecule has 1 aromatic heterocycles. The minimum Gasteiger partial charge on any atom is -0.508 e. The summed E-state index contributed by atoms with van der Waals surface area (Å²) in [7, 11) is 0. The minimum atomic E-state index is -0.733. The fraction of sp³-hybridized carbons (Fsp3) is 0.633. The number of hydrogen-bond donors (Lipinski definition) is 2. The number of nitrogens with zero attached hydrogens (tertiary/aromatic N) is 5. The number of aromatic nitrogens is 3. The molecule has 42 heavy (non-hydrogen) atoms. The van der Waals surface area contributed by atoms with Crippen LogP contribution in [0, 0.1) is 5.92 Å². The molecule has 3 rings (SSSR count). The van der Waals surface area contributed by atoms with Crippen molar-refractivity contribution in [3.8, 4) is 5.75 Å². The van der Waals surface area contributed by atoms with Gasteiger partial charge in [0.05, 0.1) is 12.2 Å².